The SMILES string of the molecule is CN=C(NCc1coc(-c2ccccc2)n1)NCC(C)Oc1ccccc1C.I. The highest BCUT2D eigenvalue weighted by Crippen LogP contribution is 2.18. The van der Waals surface area contributed by atoms with E-state index in [-0.39, 0.29) is 30.1 Å². The zero-order chi connectivity index (χ0) is 19.8. The lowest BCUT2D eigenvalue weighted by Gasteiger charge is -2.18. The molecule has 2 N–H and O–H groups in total. The number of para-hydroxylation sites is 1. The maximum absolute atomic E-state index is 5.98. The molecule has 0 radical (unpaired) electrons. The van der Waals surface area contributed by atoms with Gasteiger partial charge in [-0.25, -0.2) is 4.98 Å². The molecule has 2 aromatic carbocycles. The van der Waals surface area contributed by atoms with E-state index in [1.54, 1.807) is 13.3 Å². The summed E-state index contributed by atoms with van der Waals surface area (Å²) in [5, 5.41) is 6.52. The first kappa shape index (κ1) is 22.7. The molecule has 6 nitrogen and oxygen atoms in total. The quantitative estimate of drug-likeness (QED) is 0.283. The van der Waals surface area contributed by atoms with Gasteiger partial charge in [-0.15, -0.1) is 24.0 Å². The first-order valence-electron chi connectivity index (χ1n) is 9.32. The summed E-state index contributed by atoms with van der Waals surface area (Å²) < 4.78 is 11.5. The molecule has 0 saturated heterocycles. The van der Waals surface area contributed by atoms with Gasteiger partial charge in [0, 0.05) is 12.6 Å². The van der Waals surface area contributed by atoms with E-state index in [2.05, 4.69) is 20.6 Å². The van der Waals surface area contributed by atoms with E-state index in [0.29, 0.717) is 24.9 Å². The first-order chi connectivity index (χ1) is 13.7. The first-order valence-corrected chi connectivity index (χ1v) is 9.32. The molecule has 3 aromatic rings. The Bertz CT molecular complexity index is 912. The number of aryl methyl sites for hydroxylation is 1. The van der Waals surface area contributed by atoms with E-state index in [1.807, 2.05) is 68.4 Å². The van der Waals surface area contributed by atoms with Gasteiger partial charge >= 0.3 is 0 Å². The molecule has 1 aromatic heterocycles. The summed E-state index contributed by atoms with van der Waals surface area (Å²) in [6.07, 6.45) is 1.66. The minimum atomic E-state index is -0.00335. The van der Waals surface area contributed by atoms with Crippen molar-refractivity contribution in [2.24, 2.45) is 4.99 Å². The van der Waals surface area contributed by atoms with Gasteiger partial charge < -0.3 is 19.8 Å². The van der Waals surface area contributed by atoms with Crippen molar-refractivity contribution in [3.63, 3.8) is 0 Å². The zero-order valence-corrected chi connectivity index (χ0v) is 19.2. The molecule has 0 spiro atoms. The highest BCUT2D eigenvalue weighted by Gasteiger charge is 2.09. The second kappa shape index (κ2) is 11.5. The molecular weight excluding hydrogens is 479 g/mol. The predicted octanol–water partition coefficient (Wildman–Crippen LogP) is 4.40. The van der Waals surface area contributed by atoms with Gasteiger partial charge in [0.2, 0.25) is 5.89 Å². The molecule has 0 bridgehead atoms. The number of rotatable bonds is 7. The number of benzene rings is 2. The van der Waals surface area contributed by atoms with Crippen molar-refractivity contribution >= 4 is 29.9 Å². The summed E-state index contributed by atoms with van der Waals surface area (Å²) in [7, 11) is 1.74. The van der Waals surface area contributed by atoms with Crippen LogP contribution in [0.25, 0.3) is 11.5 Å². The monoisotopic (exact) mass is 506 g/mol. The normalized spacial score (nSPS) is 12.0. The van der Waals surface area contributed by atoms with Gasteiger partial charge in [-0.05, 0) is 37.6 Å². The molecule has 7 heteroatoms. The summed E-state index contributed by atoms with van der Waals surface area (Å²) in [6.45, 7) is 5.21. The largest absolute Gasteiger partial charge is 0.489 e. The number of aromatic nitrogens is 1. The van der Waals surface area contributed by atoms with Crippen LogP contribution in [0.4, 0.5) is 0 Å². The third kappa shape index (κ3) is 6.77. The number of hydrogen-bond acceptors (Lipinski definition) is 4. The molecule has 1 heterocycles. The van der Waals surface area contributed by atoms with E-state index in [1.165, 1.54) is 0 Å². The predicted molar refractivity (Wildman–Crippen MR) is 127 cm³/mol. The number of guanidine groups is 1. The van der Waals surface area contributed by atoms with Crippen LogP contribution in [-0.4, -0.2) is 30.6 Å². The molecule has 1 unspecified atom stereocenters. The molecule has 1 atom stereocenters. The lowest BCUT2D eigenvalue weighted by molar-refractivity contribution is 0.222. The third-order valence-electron chi connectivity index (χ3n) is 4.21. The summed E-state index contributed by atoms with van der Waals surface area (Å²) in [5.74, 6) is 2.20. The molecule has 0 saturated carbocycles. The lowest BCUT2D eigenvalue weighted by Crippen LogP contribution is -2.41. The number of halogens is 1. The molecule has 154 valence electrons. The van der Waals surface area contributed by atoms with E-state index >= 15 is 0 Å². The highest BCUT2D eigenvalue weighted by atomic mass is 127. The van der Waals surface area contributed by atoms with Crippen LogP contribution >= 0.6 is 24.0 Å². The lowest BCUT2D eigenvalue weighted by atomic mass is 10.2. The Hall–Kier alpha value is -2.55. The minimum absolute atomic E-state index is 0. The minimum Gasteiger partial charge on any atom is -0.489 e. The number of oxazole rings is 1. The van der Waals surface area contributed by atoms with Crippen molar-refractivity contribution in [2.75, 3.05) is 13.6 Å². The van der Waals surface area contributed by atoms with Crippen LogP contribution in [0.3, 0.4) is 0 Å². The number of nitrogens with zero attached hydrogens (tertiary/aromatic N) is 2. The van der Waals surface area contributed by atoms with Crippen LogP contribution in [-0.2, 0) is 6.54 Å². The Kier molecular flexibility index (Phi) is 8.98. The van der Waals surface area contributed by atoms with E-state index in [4.69, 9.17) is 9.15 Å². The van der Waals surface area contributed by atoms with Gasteiger partial charge in [-0.2, -0.15) is 0 Å². The topological polar surface area (TPSA) is 71.7 Å². The second-order valence-electron chi connectivity index (χ2n) is 6.51. The van der Waals surface area contributed by atoms with E-state index in [0.717, 1.165) is 22.6 Å². The Labute approximate surface area is 188 Å². The van der Waals surface area contributed by atoms with Crippen LogP contribution in [0.1, 0.15) is 18.2 Å². The Balaban J connectivity index is 0.00000300. The Morgan fingerprint density at radius 2 is 1.83 bits per heavy atom. The summed E-state index contributed by atoms with van der Waals surface area (Å²) in [5.41, 5.74) is 2.89. The fourth-order valence-corrected chi connectivity index (χ4v) is 2.68. The van der Waals surface area contributed by atoms with Crippen molar-refractivity contribution in [3.05, 3.63) is 72.1 Å². The summed E-state index contributed by atoms with van der Waals surface area (Å²) >= 11 is 0. The maximum atomic E-state index is 5.98. The van der Waals surface area contributed by atoms with Crippen molar-refractivity contribution < 1.29 is 9.15 Å². The standard InChI is InChI=1S/C22H26N4O2.HI/c1-16-9-7-8-12-20(16)28-17(2)13-24-22(23-3)25-14-19-15-27-21(26-19)18-10-5-4-6-11-18;/h4-12,15,17H,13-14H2,1-3H3,(H2,23,24,25);1H. The molecule has 0 aliphatic rings. The van der Waals surface area contributed by atoms with Crippen LogP contribution in [0.15, 0.2) is 70.3 Å². The zero-order valence-electron chi connectivity index (χ0n) is 16.9. The Morgan fingerprint density at radius 1 is 1.10 bits per heavy atom. The third-order valence-corrected chi connectivity index (χ3v) is 4.21. The van der Waals surface area contributed by atoms with Gasteiger partial charge in [0.1, 0.15) is 18.1 Å². The summed E-state index contributed by atoms with van der Waals surface area (Å²) in [6, 6.07) is 17.8. The van der Waals surface area contributed by atoms with Gasteiger partial charge in [0.05, 0.1) is 18.8 Å². The van der Waals surface area contributed by atoms with Crippen molar-refractivity contribution in [1.29, 1.82) is 0 Å². The molecular formula is C22H27IN4O2. The fraction of sp³-hybridized carbons (Fsp3) is 0.273. The summed E-state index contributed by atoms with van der Waals surface area (Å²) in [4.78, 5) is 8.76. The smallest absolute Gasteiger partial charge is 0.226 e. The van der Waals surface area contributed by atoms with Crippen molar-refractivity contribution in [2.45, 2.75) is 26.5 Å². The van der Waals surface area contributed by atoms with Gasteiger partial charge in [-0.3, -0.25) is 4.99 Å². The number of ether oxygens (including phenoxy) is 1. The molecule has 3 rings (SSSR count). The van der Waals surface area contributed by atoms with Crippen LogP contribution in [0.5, 0.6) is 5.75 Å². The number of aliphatic imine (C=N–C) groups is 1. The molecule has 0 aliphatic heterocycles. The molecule has 0 aliphatic carbocycles. The van der Waals surface area contributed by atoms with Crippen molar-refractivity contribution in [3.8, 4) is 17.2 Å². The molecule has 0 fully saturated rings. The Morgan fingerprint density at radius 3 is 2.55 bits per heavy atom. The highest BCUT2D eigenvalue weighted by molar-refractivity contribution is 14.0. The van der Waals surface area contributed by atoms with Gasteiger partial charge in [0.15, 0.2) is 5.96 Å². The van der Waals surface area contributed by atoms with Crippen LogP contribution in [0.2, 0.25) is 0 Å². The van der Waals surface area contributed by atoms with E-state index in [9.17, 15) is 0 Å². The van der Waals surface area contributed by atoms with Gasteiger partial charge in [-0.1, -0.05) is 36.4 Å². The fourth-order valence-electron chi connectivity index (χ4n) is 2.68. The maximum Gasteiger partial charge on any atom is 0.226 e. The van der Waals surface area contributed by atoms with Crippen molar-refractivity contribution in [1.82, 2.24) is 15.6 Å². The average Bonchev–Trinajstić information content (AvgIpc) is 3.20. The second-order valence-corrected chi connectivity index (χ2v) is 6.51. The molecule has 0 amide bonds. The van der Waals surface area contributed by atoms with Crippen LogP contribution in [0, 0.1) is 6.92 Å². The van der Waals surface area contributed by atoms with E-state index < -0.39 is 0 Å². The number of nitrogens with one attached hydrogen (secondary N) is 2. The van der Waals surface area contributed by atoms with Crippen LogP contribution < -0.4 is 15.4 Å². The molecule has 29 heavy (non-hydrogen) atoms. The van der Waals surface area contributed by atoms with Gasteiger partial charge in [0.25, 0.3) is 0 Å². The number of hydrogen-bond donors (Lipinski definition) is 2. The average molecular weight is 506 g/mol.